The van der Waals surface area contributed by atoms with Gasteiger partial charge in [-0.3, -0.25) is 0 Å². The van der Waals surface area contributed by atoms with E-state index in [0.29, 0.717) is 5.41 Å². The van der Waals surface area contributed by atoms with Crippen LogP contribution in [0, 0.1) is 11.3 Å². The van der Waals surface area contributed by atoms with Gasteiger partial charge in [0.2, 0.25) is 0 Å². The van der Waals surface area contributed by atoms with Gasteiger partial charge in [-0.2, -0.15) is 0 Å². The van der Waals surface area contributed by atoms with Gasteiger partial charge in [0.1, 0.15) is 0 Å². The van der Waals surface area contributed by atoms with Crippen molar-refractivity contribution in [1.82, 2.24) is 4.90 Å². The van der Waals surface area contributed by atoms with Crippen LogP contribution in [0.4, 0.5) is 0 Å². The van der Waals surface area contributed by atoms with Crippen LogP contribution >= 0.6 is 0 Å². The Bertz CT molecular complexity index is 197. The molecule has 0 aliphatic heterocycles. The summed E-state index contributed by atoms with van der Waals surface area (Å²) in [6, 6.07) is 0. The molecule has 2 nitrogen and oxygen atoms in total. The van der Waals surface area contributed by atoms with E-state index in [9.17, 15) is 0 Å². The molecule has 17 heavy (non-hydrogen) atoms. The fourth-order valence-corrected chi connectivity index (χ4v) is 2.57. The van der Waals surface area contributed by atoms with E-state index in [1.54, 1.807) is 0 Å². The quantitative estimate of drug-likeness (QED) is 0.635. The summed E-state index contributed by atoms with van der Waals surface area (Å²) < 4.78 is 0. The van der Waals surface area contributed by atoms with Gasteiger partial charge in [0, 0.05) is 6.54 Å². The van der Waals surface area contributed by atoms with E-state index in [4.69, 9.17) is 5.73 Å². The lowest BCUT2D eigenvalue weighted by Crippen LogP contribution is -2.29. The second-order valence-electron chi connectivity index (χ2n) is 6.55. The van der Waals surface area contributed by atoms with Crippen LogP contribution < -0.4 is 5.73 Å². The van der Waals surface area contributed by atoms with Crippen molar-refractivity contribution in [3.05, 3.63) is 0 Å². The first-order valence-electron chi connectivity index (χ1n) is 7.50. The minimum atomic E-state index is 0.437. The normalized spacial score (nSPS) is 16.8. The lowest BCUT2D eigenvalue weighted by Gasteiger charge is -2.27. The molecular formula is C15H32N2. The third-order valence-electron chi connectivity index (χ3n) is 3.90. The number of nitrogens with zero attached hydrogens (tertiary/aromatic N) is 1. The molecule has 102 valence electrons. The summed E-state index contributed by atoms with van der Waals surface area (Å²) in [5.41, 5.74) is 6.09. The maximum Gasteiger partial charge on any atom is 0.000966 e. The van der Waals surface area contributed by atoms with Crippen molar-refractivity contribution in [2.45, 2.75) is 59.3 Å². The Morgan fingerprint density at radius 3 is 2.41 bits per heavy atom. The molecule has 0 atom stereocenters. The summed E-state index contributed by atoms with van der Waals surface area (Å²) in [6.45, 7) is 11.7. The Kier molecular flexibility index (Phi) is 6.50. The van der Waals surface area contributed by atoms with Crippen molar-refractivity contribution in [2.75, 3.05) is 26.2 Å². The highest BCUT2D eigenvalue weighted by molar-refractivity contribution is 4.78. The molecule has 0 aromatic rings. The number of rotatable bonds is 10. The number of hydrogen-bond acceptors (Lipinski definition) is 2. The zero-order chi connectivity index (χ0) is 12.7. The van der Waals surface area contributed by atoms with Crippen molar-refractivity contribution < 1.29 is 0 Å². The Morgan fingerprint density at radius 1 is 1.18 bits per heavy atom. The minimum Gasteiger partial charge on any atom is -0.330 e. The van der Waals surface area contributed by atoms with Crippen LogP contribution in [0.5, 0.6) is 0 Å². The van der Waals surface area contributed by atoms with Crippen LogP contribution in [0.3, 0.4) is 0 Å². The summed E-state index contributed by atoms with van der Waals surface area (Å²) in [5.74, 6) is 1.03. The van der Waals surface area contributed by atoms with Crippen LogP contribution in [0.25, 0.3) is 0 Å². The topological polar surface area (TPSA) is 29.3 Å². The van der Waals surface area contributed by atoms with Crippen LogP contribution in [0.15, 0.2) is 0 Å². The molecule has 0 bridgehead atoms. The Morgan fingerprint density at radius 2 is 1.88 bits per heavy atom. The molecular weight excluding hydrogens is 208 g/mol. The molecule has 0 aromatic heterocycles. The van der Waals surface area contributed by atoms with Crippen molar-refractivity contribution in [3.8, 4) is 0 Å². The Labute approximate surface area is 108 Å². The first kappa shape index (κ1) is 15.0. The van der Waals surface area contributed by atoms with Crippen molar-refractivity contribution in [1.29, 1.82) is 0 Å². The first-order chi connectivity index (χ1) is 8.07. The highest BCUT2D eigenvalue weighted by Crippen LogP contribution is 2.30. The average molecular weight is 240 g/mol. The van der Waals surface area contributed by atoms with Crippen LogP contribution in [-0.2, 0) is 0 Å². The molecule has 1 saturated carbocycles. The maximum absolute atomic E-state index is 5.66. The summed E-state index contributed by atoms with van der Waals surface area (Å²) in [4.78, 5) is 2.68. The molecule has 1 rings (SSSR count). The van der Waals surface area contributed by atoms with Gasteiger partial charge in [0.15, 0.2) is 0 Å². The van der Waals surface area contributed by atoms with Gasteiger partial charge < -0.3 is 10.6 Å². The van der Waals surface area contributed by atoms with E-state index in [2.05, 4.69) is 25.7 Å². The van der Waals surface area contributed by atoms with Crippen LogP contribution in [0.2, 0.25) is 0 Å². The molecule has 2 N–H and O–H groups in total. The zero-order valence-electron chi connectivity index (χ0n) is 12.2. The zero-order valence-corrected chi connectivity index (χ0v) is 12.2. The standard InChI is InChI=1S/C15H32N2/c1-4-11-17(13-14-6-7-14)12-5-8-15(2,3)9-10-16/h14H,4-13,16H2,1-3H3. The third-order valence-corrected chi connectivity index (χ3v) is 3.90. The van der Waals surface area contributed by atoms with E-state index in [-0.39, 0.29) is 0 Å². The molecule has 0 radical (unpaired) electrons. The minimum absolute atomic E-state index is 0.437. The number of nitrogens with two attached hydrogens (primary N) is 1. The molecule has 1 aliphatic carbocycles. The van der Waals surface area contributed by atoms with Crippen LogP contribution in [0.1, 0.15) is 59.3 Å². The summed E-state index contributed by atoms with van der Waals surface area (Å²) in [6.07, 6.45) is 8.04. The van der Waals surface area contributed by atoms with E-state index in [1.807, 2.05) is 0 Å². The van der Waals surface area contributed by atoms with Crippen molar-refractivity contribution >= 4 is 0 Å². The fraction of sp³-hybridized carbons (Fsp3) is 1.00. The SMILES string of the molecule is CCCN(CCCC(C)(C)CCN)CC1CC1. The van der Waals surface area contributed by atoms with Crippen LogP contribution in [-0.4, -0.2) is 31.1 Å². The van der Waals surface area contributed by atoms with Gasteiger partial charge in [-0.25, -0.2) is 0 Å². The largest absolute Gasteiger partial charge is 0.330 e. The van der Waals surface area contributed by atoms with E-state index in [0.717, 1.165) is 18.9 Å². The highest BCUT2D eigenvalue weighted by Gasteiger charge is 2.24. The molecule has 0 saturated heterocycles. The van der Waals surface area contributed by atoms with Gasteiger partial charge in [-0.05, 0) is 69.5 Å². The Balaban J connectivity index is 2.16. The van der Waals surface area contributed by atoms with E-state index >= 15 is 0 Å². The second kappa shape index (κ2) is 7.38. The molecule has 0 spiro atoms. The van der Waals surface area contributed by atoms with Gasteiger partial charge in [0.25, 0.3) is 0 Å². The van der Waals surface area contributed by atoms with Gasteiger partial charge in [0.05, 0.1) is 0 Å². The molecule has 0 unspecified atom stereocenters. The molecule has 0 aromatic carbocycles. The summed E-state index contributed by atoms with van der Waals surface area (Å²) in [5, 5.41) is 0. The van der Waals surface area contributed by atoms with Crippen molar-refractivity contribution in [3.63, 3.8) is 0 Å². The third kappa shape index (κ3) is 7.05. The number of hydrogen-bond donors (Lipinski definition) is 1. The highest BCUT2D eigenvalue weighted by atomic mass is 15.1. The van der Waals surface area contributed by atoms with E-state index < -0.39 is 0 Å². The van der Waals surface area contributed by atoms with E-state index in [1.165, 1.54) is 51.7 Å². The molecule has 2 heteroatoms. The Hall–Kier alpha value is -0.0800. The smallest absolute Gasteiger partial charge is 0.000966 e. The molecule has 0 amide bonds. The maximum atomic E-state index is 5.66. The first-order valence-corrected chi connectivity index (χ1v) is 7.50. The van der Waals surface area contributed by atoms with Gasteiger partial charge in [-0.1, -0.05) is 20.8 Å². The van der Waals surface area contributed by atoms with Gasteiger partial charge >= 0.3 is 0 Å². The van der Waals surface area contributed by atoms with Crippen molar-refractivity contribution in [2.24, 2.45) is 17.1 Å². The monoisotopic (exact) mass is 240 g/mol. The average Bonchev–Trinajstić information content (AvgIpc) is 3.01. The fourth-order valence-electron chi connectivity index (χ4n) is 2.57. The lowest BCUT2D eigenvalue weighted by molar-refractivity contribution is 0.228. The molecule has 1 fully saturated rings. The summed E-state index contributed by atoms with van der Waals surface area (Å²) in [7, 11) is 0. The second-order valence-corrected chi connectivity index (χ2v) is 6.55. The summed E-state index contributed by atoms with van der Waals surface area (Å²) >= 11 is 0. The molecule has 0 heterocycles. The molecule has 1 aliphatic rings. The van der Waals surface area contributed by atoms with Gasteiger partial charge in [-0.15, -0.1) is 0 Å². The predicted molar refractivity (Wildman–Crippen MR) is 76.1 cm³/mol. The predicted octanol–water partition coefficient (Wildman–Crippen LogP) is 3.26. The lowest BCUT2D eigenvalue weighted by atomic mass is 9.84.